The molecule has 0 aliphatic carbocycles. The van der Waals surface area contributed by atoms with Crippen LogP contribution in [0.5, 0.6) is 5.75 Å². The Morgan fingerprint density at radius 2 is 2.07 bits per heavy atom. The molecule has 156 valence electrons. The predicted octanol–water partition coefficient (Wildman–Crippen LogP) is 4.09. The van der Waals surface area contributed by atoms with Gasteiger partial charge in [0.1, 0.15) is 15.6 Å². The van der Waals surface area contributed by atoms with Crippen LogP contribution < -0.4 is 10.1 Å². The number of carbonyl (C=O) groups is 1. The van der Waals surface area contributed by atoms with Gasteiger partial charge in [-0.05, 0) is 62.7 Å². The lowest BCUT2D eigenvalue weighted by atomic mass is 10.0. The average molecular weight is 423 g/mol. The van der Waals surface area contributed by atoms with Crippen LogP contribution in [0.3, 0.4) is 0 Å². The van der Waals surface area contributed by atoms with Gasteiger partial charge in [-0.25, -0.2) is 4.98 Å². The maximum Gasteiger partial charge on any atom is 0.263 e. The number of pyridine rings is 1. The van der Waals surface area contributed by atoms with Crippen molar-refractivity contribution in [2.75, 3.05) is 26.7 Å². The summed E-state index contributed by atoms with van der Waals surface area (Å²) in [6, 6.07) is 13.9. The molecular weight excluding hydrogens is 396 g/mol. The smallest absolute Gasteiger partial charge is 0.263 e. The van der Waals surface area contributed by atoms with E-state index in [2.05, 4.69) is 32.3 Å². The van der Waals surface area contributed by atoms with Crippen molar-refractivity contribution in [1.82, 2.24) is 20.2 Å². The number of aromatic nitrogens is 2. The van der Waals surface area contributed by atoms with E-state index in [1.54, 1.807) is 13.3 Å². The molecule has 4 rings (SSSR count). The molecule has 1 fully saturated rings. The monoisotopic (exact) mass is 422 g/mol. The van der Waals surface area contributed by atoms with Crippen molar-refractivity contribution < 1.29 is 9.53 Å². The Labute approximate surface area is 180 Å². The topological polar surface area (TPSA) is 67.3 Å². The van der Waals surface area contributed by atoms with Gasteiger partial charge in [0.05, 0.1) is 24.5 Å². The van der Waals surface area contributed by atoms with Gasteiger partial charge in [0.15, 0.2) is 0 Å². The maximum absolute atomic E-state index is 13.0. The third-order valence-electron chi connectivity index (χ3n) is 5.40. The van der Waals surface area contributed by atoms with Gasteiger partial charge >= 0.3 is 0 Å². The standard InChI is InChI=1S/C23H26N4O2S/c1-16-21(30-23(26-16)19-10-3-4-11-24-19)22(28)25-15-20(27-12-5-6-13-27)17-8-7-9-18(14-17)29-2/h3-4,7-11,14,20H,5-6,12-13,15H2,1-2H3,(H,25,28). The van der Waals surface area contributed by atoms with E-state index in [9.17, 15) is 4.79 Å². The van der Waals surface area contributed by atoms with Crippen molar-refractivity contribution in [3.05, 3.63) is 64.8 Å². The Hall–Kier alpha value is -2.77. The molecule has 2 aromatic heterocycles. The summed E-state index contributed by atoms with van der Waals surface area (Å²) in [7, 11) is 1.68. The van der Waals surface area contributed by atoms with Crippen LogP contribution in [0.2, 0.25) is 0 Å². The Kier molecular flexibility index (Phi) is 6.40. The first-order valence-corrected chi connectivity index (χ1v) is 11.0. The summed E-state index contributed by atoms with van der Waals surface area (Å²) in [5.74, 6) is 0.751. The highest BCUT2D eigenvalue weighted by Gasteiger charge is 2.25. The maximum atomic E-state index is 13.0. The zero-order chi connectivity index (χ0) is 20.9. The SMILES string of the molecule is COc1cccc(C(CNC(=O)c2sc(-c3ccccn3)nc2C)N2CCCC2)c1. The molecule has 30 heavy (non-hydrogen) atoms. The van der Waals surface area contributed by atoms with Gasteiger partial charge in [-0.1, -0.05) is 18.2 Å². The fourth-order valence-electron chi connectivity index (χ4n) is 3.84. The van der Waals surface area contributed by atoms with Crippen LogP contribution in [0.25, 0.3) is 10.7 Å². The van der Waals surface area contributed by atoms with E-state index in [0.717, 1.165) is 40.8 Å². The van der Waals surface area contributed by atoms with Gasteiger partial charge in [-0.3, -0.25) is 14.7 Å². The number of hydrogen-bond donors (Lipinski definition) is 1. The van der Waals surface area contributed by atoms with Gasteiger partial charge in [0.25, 0.3) is 5.91 Å². The van der Waals surface area contributed by atoms with E-state index in [4.69, 9.17) is 4.74 Å². The van der Waals surface area contributed by atoms with Crippen molar-refractivity contribution >= 4 is 17.2 Å². The summed E-state index contributed by atoms with van der Waals surface area (Å²) in [5, 5.41) is 3.91. The number of aryl methyl sites for hydroxylation is 1. The summed E-state index contributed by atoms with van der Waals surface area (Å²) < 4.78 is 5.40. The number of carbonyl (C=O) groups excluding carboxylic acids is 1. The van der Waals surface area contributed by atoms with Gasteiger partial charge < -0.3 is 10.1 Å². The van der Waals surface area contributed by atoms with E-state index in [-0.39, 0.29) is 11.9 Å². The first-order chi connectivity index (χ1) is 14.7. The quantitative estimate of drug-likeness (QED) is 0.621. The van der Waals surface area contributed by atoms with Crippen LogP contribution >= 0.6 is 11.3 Å². The zero-order valence-electron chi connectivity index (χ0n) is 17.3. The largest absolute Gasteiger partial charge is 0.497 e. The number of benzene rings is 1. The number of likely N-dealkylation sites (tertiary alicyclic amines) is 1. The minimum Gasteiger partial charge on any atom is -0.497 e. The van der Waals surface area contributed by atoms with Gasteiger partial charge in [-0.15, -0.1) is 11.3 Å². The number of nitrogens with one attached hydrogen (secondary N) is 1. The van der Waals surface area contributed by atoms with E-state index >= 15 is 0 Å². The first kappa shape index (κ1) is 20.5. The second kappa shape index (κ2) is 9.36. The fourth-order valence-corrected chi connectivity index (χ4v) is 4.79. The number of rotatable bonds is 7. The van der Waals surface area contributed by atoms with Crippen molar-refractivity contribution in [2.24, 2.45) is 0 Å². The van der Waals surface area contributed by atoms with Gasteiger partial charge in [-0.2, -0.15) is 0 Å². The molecule has 1 amide bonds. The Morgan fingerprint density at radius 3 is 2.80 bits per heavy atom. The Balaban J connectivity index is 1.51. The summed E-state index contributed by atoms with van der Waals surface area (Å²) in [6.07, 6.45) is 4.12. The molecule has 3 heterocycles. The normalized spacial score (nSPS) is 15.1. The molecule has 7 heteroatoms. The number of methoxy groups -OCH3 is 1. The Morgan fingerprint density at radius 1 is 1.23 bits per heavy atom. The lowest BCUT2D eigenvalue weighted by molar-refractivity contribution is 0.0941. The Bertz CT molecular complexity index is 999. The van der Waals surface area contributed by atoms with Crippen LogP contribution in [0, 0.1) is 6.92 Å². The van der Waals surface area contributed by atoms with Gasteiger partial charge in [0, 0.05) is 12.7 Å². The predicted molar refractivity (Wildman–Crippen MR) is 119 cm³/mol. The van der Waals surface area contributed by atoms with E-state index in [0.29, 0.717) is 11.4 Å². The van der Waals surface area contributed by atoms with Crippen LogP contribution in [0.1, 0.15) is 39.8 Å². The molecule has 3 aromatic rings. The molecule has 6 nitrogen and oxygen atoms in total. The molecule has 1 aliphatic rings. The summed E-state index contributed by atoms with van der Waals surface area (Å²) in [5.41, 5.74) is 2.68. The van der Waals surface area contributed by atoms with Crippen molar-refractivity contribution in [2.45, 2.75) is 25.8 Å². The van der Waals surface area contributed by atoms with Gasteiger partial charge in [0.2, 0.25) is 0 Å². The lowest BCUT2D eigenvalue weighted by Crippen LogP contribution is -2.36. The molecule has 1 saturated heterocycles. The second-order valence-electron chi connectivity index (χ2n) is 7.39. The highest BCUT2D eigenvalue weighted by molar-refractivity contribution is 7.17. The molecule has 0 bridgehead atoms. The molecular formula is C23H26N4O2S. The highest BCUT2D eigenvalue weighted by Crippen LogP contribution is 2.29. The average Bonchev–Trinajstić information content (AvgIpc) is 3.45. The number of thiazole rings is 1. The van der Waals surface area contributed by atoms with Crippen LogP contribution in [0.15, 0.2) is 48.7 Å². The minimum absolute atomic E-state index is 0.0840. The molecule has 1 aliphatic heterocycles. The van der Waals surface area contributed by atoms with E-state index in [1.807, 2.05) is 37.3 Å². The van der Waals surface area contributed by atoms with Crippen LogP contribution in [-0.4, -0.2) is 47.5 Å². The zero-order valence-corrected chi connectivity index (χ0v) is 18.1. The summed E-state index contributed by atoms with van der Waals surface area (Å²) >= 11 is 1.39. The number of hydrogen-bond acceptors (Lipinski definition) is 6. The highest BCUT2D eigenvalue weighted by atomic mass is 32.1. The number of nitrogens with zero attached hydrogens (tertiary/aromatic N) is 3. The van der Waals surface area contributed by atoms with Crippen molar-refractivity contribution in [1.29, 1.82) is 0 Å². The third kappa shape index (κ3) is 4.52. The molecule has 0 spiro atoms. The minimum atomic E-state index is -0.0840. The molecule has 1 atom stereocenters. The van der Waals surface area contributed by atoms with E-state index in [1.165, 1.54) is 24.2 Å². The fraction of sp³-hybridized carbons (Fsp3) is 0.348. The number of amides is 1. The lowest BCUT2D eigenvalue weighted by Gasteiger charge is -2.28. The van der Waals surface area contributed by atoms with Crippen LogP contribution in [-0.2, 0) is 0 Å². The first-order valence-electron chi connectivity index (χ1n) is 10.2. The third-order valence-corrected chi connectivity index (χ3v) is 6.58. The van der Waals surface area contributed by atoms with Crippen molar-refractivity contribution in [3.63, 3.8) is 0 Å². The number of ether oxygens (including phenoxy) is 1. The summed E-state index contributed by atoms with van der Waals surface area (Å²) in [4.78, 5) is 25.0. The molecule has 1 unspecified atom stereocenters. The molecule has 0 saturated carbocycles. The molecule has 1 aromatic carbocycles. The van der Waals surface area contributed by atoms with E-state index < -0.39 is 0 Å². The van der Waals surface area contributed by atoms with Crippen molar-refractivity contribution in [3.8, 4) is 16.5 Å². The summed E-state index contributed by atoms with van der Waals surface area (Å²) in [6.45, 7) is 4.50. The molecule has 1 N–H and O–H groups in total. The second-order valence-corrected chi connectivity index (χ2v) is 8.39. The van der Waals surface area contributed by atoms with Crippen LogP contribution in [0.4, 0.5) is 0 Å². The molecule has 0 radical (unpaired) electrons.